The molecule has 1 fully saturated rings. The molecule has 3 heteroatoms. The van der Waals surface area contributed by atoms with E-state index in [4.69, 9.17) is 15.6 Å². The molecule has 2 atom stereocenters. The van der Waals surface area contributed by atoms with E-state index < -0.39 is 0 Å². The van der Waals surface area contributed by atoms with Crippen LogP contribution in [-0.2, 0) is 4.74 Å². The average Bonchev–Trinajstić information content (AvgIpc) is 2.04. The summed E-state index contributed by atoms with van der Waals surface area (Å²) in [7, 11) is 0. The first-order valence-electron chi connectivity index (χ1n) is 4.20. The van der Waals surface area contributed by atoms with Gasteiger partial charge in [-0.25, -0.2) is 0 Å². The zero-order chi connectivity index (χ0) is 8.32. The van der Waals surface area contributed by atoms with Gasteiger partial charge in [0.15, 0.2) is 0 Å². The molecule has 1 aliphatic carbocycles. The minimum atomic E-state index is -0.108. The van der Waals surface area contributed by atoms with Gasteiger partial charge in [0, 0.05) is 6.54 Å². The standard InChI is InChI=1S/C8H17NO2/c1-7-2-3-8(7,6-9)11-5-4-10/h7,10H,2-6,9H2,1H3. The van der Waals surface area contributed by atoms with Crippen LogP contribution >= 0.6 is 0 Å². The second-order valence-electron chi connectivity index (χ2n) is 3.28. The molecule has 0 bridgehead atoms. The molecule has 3 N–H and O–H groups in total. The van der Waals surface area contributed by atoms with Crippen molar-refractivity contribution in [1.82, 2.24) is 0 Å². The molecule has 3 nitrogen and oxygen atoms in total. The molecule has 0 aromatic rings. The highest BCUT2D eigenvalue weighted by Crippen LogP contribution is 2.40. The first-order valence-corrected chi connectivity index (χ1v) is 4.20. The van der Waals surface area contributed by atoms with E-state index in [9.17, 15) is 0 Å². The Morgan fingerprint density at radius 3 is 2.73 bits per heavy atom. The molecule has 0 amide bonds. The smallest absolute Gasteiger partial charge is 0.0830 e. The summed E-state index contributed by atoms with van der Waals surface area (Å²) >= 11 is 0. The fourth-order valence-corrected chi connectivity index (χ4v) is 1.58. The zero-order valence-electron chi connectivity index (χ0n) is 7.05. The predicted molar refractivity (Wildman–Crippen MR) is 43.2 cm³/mol. The Kier molecular flexibility index (Phi) is 2.87. The van der Waals surface area contributed by atoms with Crippen LogP contribution in [0.5, 0.6) is 0 Å². The van der Waals surface area contributed by atoms with Crippen molar-refractivity contribution in [3.8, 4) is 0 Å². The third-order valence-electron chi connectivity index (χ3n) is 2.72. The van der Waals surface area contributed by atoms with Crippen molar-refractivity contribution in [2.75, 3.05) is 19.8 Å². The van der Waals surface area contributed by atoms with Crippen LogP contribution < -0.4 is 5.73 Å². The van der Waals surface area contributed by atoms with Gasteiger partial charge >= 0.3 is 0 Å². The van der Waals surface area contributed by atoms with Gasteiger partial charge in [0.2, 0.25) is 0 Å². The van der Waals surface area contributed by atoms with Crippen molar-refractivity contribution in [2.45, 2.75) is 25.4 Å². The molecule has 1 saturated carbocycles. The quantitative estimate of drug-likeness (QED) is 0.612. The summed E-state index contributed by atoms with van der Waals surface area (Å²) in [4.78, 5) is 0. The predicted octanol–water partition coefficient (Wildman–Crippen LogP) is 0.123. The molecule has 66 valence electrons. The number of hydrogen-bond donors (Lipinski definition) is 2. The van der Waals surface area contributed by atoms with E-state index >= 15 is 0 Å². The maximum Gasteiger partial charge on any atom is 0.0830 e. The lowest BCUT2D eigenvalue weighted by Gasteiger charge is -2.46. The van der Waals surface area contributed by atoms with Crippen LogP contribution in [0.15, 0.2) is 0 Å². The van der Waals surface area contributed by atoms with Gasteiger partial charge in [-0.2, -0.15) is 0 Å². The number of aliphatic hydroxyl groups is 1. The van der Waals surface area contributed by atoms with Gasteiger partial charge in [0.05, 0.1) is 18.8 Å². The molecule has 11 heavy (non-hydrogen) atoms. The van der Waals surface area contributed by atoms with Crippen molar-refractivity contribution in [3.05, 3.63) is 0 Å². The minimum absolute atomic E-state index is 0.0917. The van der Waals surface area contributed by atoms with Crippen molar-refractivity contribution in [2.24, 2.45) is 11.7 Å². The third kappa shape index (κ3) is 1.55. The van der Waals surface area contributed by atoms with Gasteiger partial charge in [-0.3, -0.25) is 0 Å². The van der Waals surface area contributed by atoms with Crippen LogP contribution in [0.3, 0.4) is 0 Å². The molecule has 1 rings (SSSR count). The second-order valence-corrected chi connectivity index (χ2v) is 3.28. The Morgan fingerprint density at radius 2 is 2.45 bits per heavy atom. The molecule has 0 radical (unpaired) electrons. The van der Waals surface area contributed by atoms with Crippen LogP contribution in [-0.4, -0.2) is 30.5 Å². The lowest BCUT2D eigenvalue weighted by atomic mass is 9.70. The maximum atomic E-state index is 8.57. The lowest BCUT2D eigenvalue weighted by Crippen LogP contribution is -2.54. The van der Waals surface area contributed by atoms with Gasteiger partial charge in [-0.15, -0.1) is 0 Å². The van der Waals surface area contributed by atoms with Gasteiger partial charge in [0.25, 0.3) is 0 Å². The molecule has 0 aromatic carbocycles. The Balaban J connectivity index is 2.35. The van der Waals surface area contributed by atoms with Crippen LogP contribution in [0.2, 0.25) is 0 Å². The molecule has 1 aliphatic rings. The van der Waals surface area contributed by atoms with Crippen molar-refractivity contribution in [1.29, 1.82) is 0 Å². The highest BCUT2D eigenvalue weighted by atomic mass is 16.5. The largest absolute Gasteiger partial charge is 0.394 e. The molecule has 0 aromatic heterocycles. The minimum Gasteiger partial charge on any atom is -0.394 e. The maximum absolute atomic E-state index is 8.57. The van der Waals surface area contributed by atoms with Gasteiger partial charge in [-0.05, 0) is 18.8 Å². The Hall–Kier alpha value is -0.120. The number of rotatable bonds is 4. The molecular formula is C8H17NO2. The molecule has 2 unspecified atom stereocenters. The fourth-order valence-electron chi connectivity index (χ4n) is 1.58. The number of ether oxygens (including phenoxy) is 1. The van der Waals surface area contributed by atoms with E-state index in [1.807, 2.05) is 0 Å². The van der Waals surface area contributed by atoms with Gasteiger partial charge in [0.1, 0.15) is 0 Å². The van der Waals surface area contributed by atoms with Crippen molar-refractivity contribution in [3.63, 3.8) is 0 Å². The molecule has 0 heterocycles. The highest BCUT2D eigenvalue weighted by Gasteiger charge is 2.43. The monoisotopic (exact) mass is 159 g/mol. The van der Waals surface area contributed by atoms with E-state index in [-0.39, 0.29) is 12.2 Å². The van der Waals surface area contributed by atoms with Crippen LogP contribution in [0.1, 0.15) is 19.8 Å². The SMILES string of the molecule is CC1CCC1(CN)OCCO. The first kappa shape index (κ1) is 8.97. The van der Waals surface area contributed by atoms with E-state index in [0.717, 1.165) is 6.42 Å². The van der Waals surface area contributed by atoms with Crippen LogP contribution in [0.25, 0.3) is 0 Å². The number of hydrogen-bond acceptors (Lipinski definition) is 3. The first-order chi connectivity index (χ1) is 5.25. The summed E-state index contributed by atoms with van der Waals surface area (Å²) in [6.45, 7) is 3.23. The van der Waals surface area contributed by atoms with Gasteiger partial charge in [-0.1, -0.05) is 6.92 Å². The molecule has 0 aliphatic heterocycles. The molecule has 0 saturated heterocycles. The molecule has 0 spiro atoms. The van der Waals surface area contributed by atoms with Crippen molar-refractivity contribution >= 4 is 0 Å². The zero-order valence-corrected chi connectivity index (χ0v) is 7.05. The Bertz CT molecular complexity index is 125. The summed E-state index contributed by atoms with van der Waals surface area (Å²) in [5, 5.41) is 8.57. The summed E-state index contributed by atoms with van der Waals surface area (Å²) in [5.74, 6) is 0.555. The topological polar surface area (TPSA) is 55.5 Å². The van der Waals surface area contributed by atoms with E-state index in [1.165, 1.54) is 6.42 Å². The number of nitrogens with two attached hydrogens (primary N) is 1. The summed E-state index contributed by atoms with van der Waals surface area (Å²) in [5.41, 5.74) is 5.48. The highest BCUT2D eigenvalue weighted by molar-refractivity contribution is 4.96. The fraction of sp³-hybridized carbons (Fsp3) is 1.00. The van der Waals surface area contributed by atoms with E-state index in [2.05, 4.69) is 6.92 Å². The van der Waals surface area contributed by atoms with Crippen molar-refractivity contribution < 1.29 is 9.84 Å². The normalized spacial score (nSPS) is 36.8. The van der Waals surface area contributed by atoms with Crippen LogP contribution in [0.4, 0.5) is 0 Å². The summed E-state index contributed by atoms with van der Waals surface area (Å²) < 4.78 is 5.50. The van der Waals surface area contributed by atoms with E-state index in [1.54, 1.807) is 0 Å². The number of aliphatic hydroxyl groups excluding tert-OH is 1. The Morgan fingerprint density at radius 1 is 1.73 bits per heavy atom. The molecular weight excluding hydrogens is 142 g/mol. The lowest BCUT2D eigenvalue weighted by molar-refractivity contribution is -0.139. The third-order valence-corrected chi connectivity index (χ3v) is 2.72. The summed E-state index contributed by atoms with van der Waals surface area (Å²) in [6.07, 6.45) is 2.24. The second kappa shape index (κ2) is 3.52. The average molecular weight is 159 g/mol. The van der Waals surface area contributed by atoms with Gasteiger partial charge < -0.3 is 15.6 Å². The summed E-state index contributed by atoms with van der Waals surface area (Å²) in [6, 6.07) is 0. The van der Waals surface area contributed by atoms with E-state index in [0.29, 0.717) is 19.1 Å². The Labute approximate surface area is 67.5 Å². The van der Waals surface area contributed by atoms with Crippen LogP contribution in [0, 0.1) is 5.92 Å².